The first-order valence-electron chi connectivity index (χ1n) is 7.85. The van der Waals surface area contributed by atoms with Crippen molar-refractivity contribution in [3.63, 3.8) is 0 Å². The van der Waals surface area contributed by atoms with Crippen LogP contribution in [0.2, 0.25) is 0 Å². The van der Waals surface area contributed by atoms with Gasteiger partial charge >= 0.3 is 0 Å². The molecule has 1 aliphatic heterocycles. The van der Waals surface area contributed by atoms with Crippen LogP contribution in [-0.2, 0) is 9.59 Å². The van der Waals surface area contributed by atoms with Crippen molar-refractivity contribution in [2.24, 2.45) is 5.11 Å². The summed E-state index contributed by atoms with van der Waals surface area (Å²) >= 11 is 0. The molecule has 1 unspecified atom stereocenters. The zero-order valence-corrected chi connectivity index (χ0v) is 13.6. The van der Waals surface area contributed by atoms with Gasteiger partial charge in [-0.3, -0.25) is 9.59 Å². The molecule has 2 amide bonds. The van der Waals surface area contributed by atoms with Crippen molar-refractivity contribution < 1.29 is 9.59 Å². The van der Waals surface area contributed by atoms with Gasteiger partial charge in [0, 0.05) is 50.8 Å². The number of amides is 2. The molecule has 9 heteroatoms. The Kier molecular flexibility index (Phi) is 6.39. The molecule has 128 valence electrons. The van der Waals surface area contributed by atoms with E-state index in [2.05, 4.69) is 25.2 Å². The second-order valence-electron chi connectivity index (χ2n) is 5.43. The lowest BCUT2D eigenvalue weighted by molar-refractivity contribution is -0.133. The highest BCUT2D eigenvalue weighted by atomic mass is 16.2. The van der Waals surface area contributed by atoms with E-state index in [0.717, 1.165) is 5.82 Å². The standard InChI is InChI=1S/C15H21N7O2/c1-17-14(23)6-5-12(19-20-16)15(24)22-10-8-21(9-11-22)13-4-2-3-7-18-13/h2-4,7,12H,5-6,8-11H2,1H3,(H,17,23). The van der Waals surface area contributed by atoms with Crippen LogP contribution in [0.25, 0.3) is 10.4 Å². The molecule has 1 N–H and O–H groups in total. The van der Waals surface area contributed by atoms with E-state index < -0.39 is 6.04 Å². The quantitative estimate of drug-likeness (QED) is 0.474. The van der Waals surface area contributed by atoms with Crippen LogP contribution in [-0.4, -0.2) is 61.0 Å². The maximum absolute atomic E-state index is 12.5. The molecule has 1 fully saturated rings. The predicted octanol–water partition coefficient (Wildman–Crippen LogP) is 0.935. The van der Waals surface area contributed by atoms with E-state index >= 15 is 0 Å². The fourth-order valence-corrected chi connectivity index (χ4v) is 2.59. The molecule has 0 aromatic carbocycles. The number of hydrogen-bond donors (Lipinski definition) is 1. The van der Waals surface area contributed by atoms with Crippen molar-refractivity contribution >= 4 is 17.6 Å². The number of nitrogens with one attached hydrogen (secondary N) is 1. The lowest BCUT2D eigenvalue weighted by atomic mass is 10.1. The van der Waals surface area contributed by atoms with Crippen molar-refractivity contribution in [3.05, 3.63) is 34.8 Å². The van der Waals surface area contributed by atoms with Gasteiger partial charge in [-0.2, -0.15) is 0 Å². The Bertz CT molecular complexity index is 608. The number of anilines is 1. The molecule has 1 aromatic rings. The molecule has 0 bridgehead atoms. The Labute approximate surface area is 140 Å². The van der Waals surface area contributed by atoms with E-state index in [4.69, 9.17) is 5.53 Å². The number of carbonyl (C=O) groups excluding carboxylic acids is 2. The molecular formula is C15H21N7O2. The van der Waals surface area contributed by atoms with Gasteiger partial charge in [-0.1, -0.05) is 11.2 Å². The van der Waals surface area contributed by atoms with Crippen LogP contribution >= 0.6 is 0 Å². The van der Waals surface area contributed by atoms with Crippen LogP contribution in [0.5, 0.6) is 0 Å². The highest BCUT2D eigenvalue weighted by molar-refractivity contribution is 5.83. The molecule has 1 aliphatic rings. The highest BCUT2D eigenvalue weighted by Crippen LogP contribution is 2.15. The molecule has 2 rings (SSSR count). The van der Waals surface area contributed by atoms with E-state index in [-0.39, 0.29) is 24.7 Å². The normalized spacial score (nSPS) is 15.4. The minimum absolute atomic E-state index is 0.153. The van der Waals surface area contributed by atoms with Crippen LogP contribution in [0.15, 0.2) is 29.5 Å². The van der Waals surface area contributed by atoms with Crippen LogP contribution in [0, 0.1) is 0 Å². The van der Waals surface area contributed by atoms with E-state index in [9.17, 15) is 9.59 Å². The molecule has 1 aromatic heterocycles. The molecule has 0 saturated carbocycles. The van der Waals surface area contributed by atoms with Gasteiger partial charge in [0.2, 0.25) is 11.8 Å². The van der Waals surface area contributed by atoms with Crippen molar-refractivity contribution in [1.29, 1.82) is 0 Å². The Morgan fingerprint density at radius 2 is 2.12 bits per heavy atom. The molecular weight excluding hydrogens is 310 g/mol. The summed E-state index contributed by atoms with van der Waals surface area (Å²) in [6.45, 7) is 2.40. The number of aromatic nitrogens is 1. The molecule has 0 radical (unpaired) electrons. The third kappa shape index (κ3) is 4.60. The van der Waals surface area contributed by atoms with Crippen molar-refractivity contribution in [1.82, 2.24) is 15.2 Å². The Balaban J connectivity index is 1.92. The Morgan fingerprint density at radius 1 is 1.38 bits per heavy atom. The molecule has 0 aliphatic carbocycles. The predicted molar refractivity (Wildman–Crippen MR) is 89.3 cm³/mol. The fourth-order valence-electron chi connectivity index (χ4n) is 2.59. The lowest BCUT2D eigenvalue weighted by Crippen LogP contribution is -2.51. The summed E-state index contributed by atoms with van der Waals surface area (Å²) in [5.41, 5.74) is 8.67. The summed E-state index contributed by atoms with van der Waals surface area (Å²) in [7, 11) is 1.53. The number of rotatable bonds is 6. The van der Waals surface area contributed by atoms with Crippen LogP contribution in [0.3, 0.4) is 0 Å². The lowest BCUT2D eigenvalue weighted by Gasteiger charge is -2.36. The first-order valence-corrected chi connectivity index (χ1v) is 7.85. The average molecular weight is 331 g/mol. The number of azide groups is 1. The van der Waals surface area contributed by atoms with Gasteiger partial charge in [-0.15, -0.1) is 0 Å². The zero-order chi connectivity index (χ0) is 17.4. The largest absolute Gasteiger partial charge is 0.359 e. The maximum Gasteiger partial charge on any atom is 0.231 e. The first kappa shape index (κ1) is 17.6. The number of carbonyl (C=O) groups is 2. The maximum atomic E-state index is 12.5. The van der Waals surface area contributed by atoms with Gasteiger partial charge < -0.3 is 15.1 Å². The summed E-state index contributed by atoms with van der Waals surface area (Å²) < 4.78 is 0. The SMILES string of the molecule is CNC(=O)CCC(N=[N+]=[N-])C(=O)N1CCN(c2ccccn2)CC1. The van der Waals surface area contributed by atoms with E-state index in [0.29, 0.717) is 26.2 Å². The summed E-state index contributed by atoms with van der Waals surface area (Å²) in [5, 5.41) is 6.06. The van der Waals surface area contributed by atoms with Crippen molar-refractivity contribution in [2.45, 2.75) is 18.9 Å². The molecule has 1 atom stereocenters. The topological polar surface area (TPSA) is 114 Å². The van der Waals surface area contributed by atoms with Crippen LogP contribution < -0.4 is 10.2 Å². The number of hydrogen-bond acceptors (Lipinski definition) is 5. The second kappa shape index (κ2) is 8.73. The smallest absolute Gasteiger partial charge is 0.231 e. The summed E-state index contributed by atoms with van der Waals surface area (Å²) in [5.74, 6) is 0.481. The number of nitrogens with zero attached hydrogens (tertiary/aromatic N) is 6. The zero-order valence-electron chi connectivity index (χ0n) is 13.6. The Morgan fingerprint density at radius 3 is 2.71 bits per heavy atom. The molecule has 1 saturated heterocycles. The van der Waals surface area contributed by atoms with Gasteiger partial charge in [0.1, 0.15) is 11.9 Å². The van der Waals surface area contributed by atoms with Gasteiger partial charge in [-0.05, 0) is 24.1 Å². The van der Waals surface area contributed by atoms with E-state index in [1.54, 1.807) is 11.1 Å². The van der Waals surface area contributed by atoms with Crippen molar-refractivity contribution in [3.8, 4) is 0 Å². The van der Waals surface area contributed by atoms with Gasteiger partial charge in [0.05, 0.1) is 0 Å². The monoisotopic (exact) mass is 331 g/mol. The second-order valence-corrected chi connectivity index (χ2v) is 5.43. The van der Waals surface area contributed by atoms with Crippen molar-refractivity contribution in [2.75, 3.05) is 38.1 Å². The third-order valence-electron chi connectivity index (χ3n) is 3.96. The fraction of sp³-hybridized carbons (Fsp3) is 0.533. The van der Waals surface area contributed by atoms with Crippen LogP contribution in [0.1, 0.15) is 12.8 Å². The Hall–Kier alpha value is -2.80. The number of pyridine rings is 1. The minimum Gasteiger partial charge on any atom is -0.359 e. The molecule has 9 nitrogen and oxygen atoms in total. The van der Waals surface area contributed by atoms with Crippen LogP contribution in [0.4, 0.5) is 5.82 Å². The first-order chi connectivity index (χ1) is 11.7. The minimum atomic E-state index is -0.839. The molecule has 0 spiro atoms. The van der Waals surface area contributed by atoms with Gasteiger partial charge in [0.25, 0.3) is 0 Å². The molecule has 24 heavy (non-hydrogen) atoms. The van der Waals surface area contributed by atoms with E-state index in [1.807, 2.05) is 18.2 Å². The summed E-state index contributed by atoms with van der Waals surface area (Å²) in [4.78, 5) is 34.7. The number of piperazine rings is 1. The highest BCUT2D eigenvalue weighted by Gasteiger charge is 2.27. The van der Waals surface area contributed by atoms with Gasteiger partial charge in [0.15, 0.2) is 0 Å². The molecule has 2 heterocycles. The van der Waals surface area contributed by atoms with Gasteiger partial charge in [-0.25, -0.2) is 4.98 Å². The summed E-state index contributed by atoms with van der Waals surface area (Å²) in [6.07, 6.45) is 2.10. The summed E-state index contributed by atoms with van der Waals surface area (Å²) in [6, 6.07) is 4.88. The average Bonchev–Trinajstić information content (AvgIpc) is 2.65. The van der Waals surface area contributed by atoms with E-state index in [1.165, 1.54) is 7.05 Å². The third-order valence-corrected chi connectivity index (χ3v) is 3.96.